The Kier molecular flexibility index (Phi) is 5.27. The molecule has 0 aliphatic heterocycles. The largest absolute Gasteiger partial charge is 0.378 e. The fourth-order valence-electron chi connectivity index (χ4n) is 3.37. The summed E-state index contributed by atoms with van der Waals surface area (Å²) in [6.45, 7) is 0.942. The summed E-state index contributed by atoms with van der Waals surface area (Å²) in [6.07, 6.45) is 12.1. The molecule has 0 unspecified atom stereocenters. The smallest absolute Gasteiger partial charge is 0.271 e. The maximum absolute atomic E-state index is 12.5. The van der Waals surface area contributed by atoms with Gasteiger partial charge < -0.3 is 10.6 Å². The third kappa shape index (κ3) is 4.04. The zero-order valence-electron chi connectivity index (χ0n) is 17.1. The number of carbonyl (C=O) groups is 1. The summed E-state index contributed by atoms with van der Waals surface area (Å²) in [5, 5.41) is 6.22. The maximum Gasteiger partial charge on any atom is 0.271 e. The number of fused-ring (bicyclic) bond motifs is 1. The van der Waals surface area contributed by atoms with Crippen molar-refractivity contribution in [1.82, 2.24) is 34.2 Å². The lowest BCUT2D eigenvalue weighted by Crippen LogP contribution is -2.23. The van der Waals surface area contributed by atoms with Crippen LogP contribution in [0, 0.1) is 0 Å². The number of pyridine rings is 3. The van der Waals surface area contributed by atoms with E-state index in [0.29, 0.717) is 24.7 Å². The van der Waals surface area contributed by atoms with E-state index in [9.17, 15) is 4.79 Å². The van der Waals surface area contributed by atoms with E-state index in [4.69, 9.17) is 4.98 Å². The normalized spacial score (nSPS) is 10.9. The first-order valence-electron chi connectivity index (χ1n) is 10.1. The standard InChI is InChI=1S/C23H20N8O/c32-22(27-12-17-6-9-24-10-7-17)20-15-30(16-28-20)23-29-19(21-5-1-2-11-31(21)23)14-26-18-4-3-8-25-13-18/h1-11,13,15-16,26H,12,14H2,(H,27,32). The SMILES string of the molecule is O=C(NCc1ccncc1)c1cn(-c2nc(CNc3cccnc3)c3ccccn23)cn1. The average molecular weight is 424 g/mol. The van der Waals surface area contributed by atoms with Crippen molar-refractivity contribution in [3.05, 3.63) is 103 Å². The van der Waals surface area contributed by atoms with Crippen LogP contribution in [-0.4, -0.2) is 34.8 Å². The van der Waals surface area contributed by atoms with E-state index >= 15 is 0 Å². The van der Waals surface area contributed by atoms with Crippen LogP contribution in [0.15, 0.2) is 86.0 Å². The summed E-state index contributed by atoms with van der Waals surface area (Å²) in [7, 11) is 0. The quantitative estimate of drug-likeness (QED) is 0.417. The molecule has 0 bridgehead atoms. The molecule has 9 heteroatoms. The van der Waals surface area contributed by atoms with Gasteiger partial charge in [-0.15, -0.1) is 0 Å². The monoisotopic (exact) mass is 424 g/mol. The first-order valence-corrected chi connectivity index (χ1v) is 10.1. The van der Waals surface area contributed by atoms with E-state index in [1.165, 1.54) is 0 Å². The van der Waals surface area contributed by atoms with Crippen LogP contribution in [0.5, 0.6) is 0 Å². The first kappa shape index (κ1) is 19.4. The summed E-state index contributed by atoms with van der Waals surface area (Å²) in [5.74, 6) is 0.407. The number of amides is 1. The van der Waals surface area contributed by atoms with E-state index < -0.39 is 0 Å². The fraction of sp³-hybridized carbons (Fsp3) is 0.0870. The second-order valence-corrected chi connectivity index (χ2v) is 7.11. The Morgan fingerprint density at radius 3 is 2.72 bits per heavy atom. The van der Waals surface area contributed by atoms with Gasteiger partial charge in [-0.2, -0.15) is 0 Å². The third-order valence-corrected chi connectivity index (χ3v) is 4.98. The van der Waals surface area contributed by atoms with Crippen LogP contribution in [0.3, 0.4) is 0 Å². The molecule has 1 amide bonds. The maximum atomic E-state index is 12.5. The van der Waals surface area contributed by atoms with Crippen molar-refractivity contribution in [2.45, 2.75) is 13.1 Å². The number of anilines is 1. The lowest BCUT2D eigenvalue weighted by atomic mass is 10.2. The highest BCUT2D eigenvalue weighted by molar-refractivity contribution is 5.92. The topological polar surface area (TPSA) is 102 Å². The summed E-state index contributed by atoms with van der Waals surface area (Å²) in [4.78, 5) is 29.7. The molecular weight excluding hydrogens is 404 g/mol. The molecule has 5 rings (SSSR count). The van der Waals surface area contributed by atoms with Gasteiger partial charge in [-0.05, 0) is 42.0 Å². The lowest BCUT2D eigenvalue weighted by molar-refractivity contribution is 0.0946. The molecule has 0 aromatic carbocycles. The van der Waals surface area contributed by atoms with E-state index in [0.717, 1.165) is 22.5 Å². The molecule has 0 atom stereocenters. The molecule has 9 nitrogen and oxygen atoms in total. The van der Waals surface area contributed by atoms with Crippen LogP contribution in [-0.2, 0) is 13.1 Å². The van der Waals surface area contributed by atoms with Crippen LogP contribution in [0.4, 0.5) is 5.69 Å². The molecule has 0 aliphatic carbocycles. The average Bonchev–Trinajstić information content (AvgIpc) is 3.48. The minimum atomic E-state index is -0.250. The molecule has 5 heterocycles. The molecule has 5 aromatic heterocycles. The zero-order valence-corrected chi connectivity index (χ0v) is 17.1. The van der Waals surface area contributed by atoms with E-state index in [2.05, 4.69) is 25.6 Å². The molecule has 0 spiro atoms. The second kappa shape index (κ2) is 8.68. The zero-order chi connectivity index (χ0) is 21.8. The number of aromatic nitrogens is 6. The van der Waals surface area contributed by atoms with Crippen molar-refractivity contribution in [2.75, 3.05) is 5.32 Å². The van der Waals surface area contributed by atoms with Crippen LogP contribution >= 0.6 is 0 Å². The van der Waals surface area contributed by atoms with Gasteiger partial charge in [-0.1, -0.05) is 6.07 Å². The molecule has 0 aliphatic rings. The van der Waals surface area contributed by atoms with Crippen LogP contribution in [0.1, 0.15) is 21.7 Å². The number of nitrogens with one attached hydrogen (secondary N) is 2. The van der Waals surface area contributed by atoms with Gasteiger partial charge in [-0.3, -0.25) is 23.7 Å². The first-order chi connectivity index (χ1) is 15.8. The number of carbonyl (C=O) groups excluding carboxylic acids is 1. The molecule has 32 heavy (non-hydrogen) atoms. The molecular formula is C23H20N8O. The molecule has 2 N–H and O–H groups in total. The Balaban J connectivity index is 1.37. The van der Waals surface area contributed by atoms with Gasteiger partial charge in [0.15, 0.2) is 0 Å². The minimum Gasteiger partial charge on any atom is -0.378 e. The van der Waals surface area contributed by atoms with Gasteiger partial charge in [0.05, 0.1) is 23.4 Å². The van der Waals surface area contributed by atoms with Crippen LogP contribution in [0.2, 0.25) is 0 Å². The van der Waals surface area contributed by atoms with Gasteiger partial charge >= 0.3 is 0 Å². The Bertz CT molecular complexity index is 1340. The summed E-state index contributed by atoms with van der Waals surface area (Å²) in [5.41, 5.74) is 4.06. The fourth-order valence-corrected chi connectivity index (χ4v) is 3.37. The van der Waals surface area contributed by atoms with Crippen molar-refractivity contribution < 1.29 is 4.79 Å². The van der Waals surface area contributed by atoms with Crippen molar-refractivity contribution in [2.24, 2.45) is 0 Å². The third-order valence-electron chi connectivity index (χ3n) is 4.98. The number of hydrogen-bond donors (Lipinski definition) is 2. The second-order valence-electron chi connectivity index (χ2n) is 7.11. The molecule has 0 fully saturated rings. The van der Waals surface area contributed by atoms with Crippen LogP contribution in [0.25, 0.3) is 11.5 Å². The Hall–Kier alpha value is -4.53. The Morgan fingerprint density at radius 1 is 0.969 bits per heavy atom. The minimum absolute atomic E-state index is 0.250. The van der Waals surface area contributed by atoms with Gasteiger partial charge in [0.2, 0.25) is 5.95 Å². The number of nitrogens with zero attached hydrogens (tertiary/aromatic N) is 6. The predicted molar refractivity (Wildman–Crippen MR) is 119 cm³/mol. The molecule has 158 valence electrons. The highest BCUT2D eigenvalue weighted by Gasteiger charge is 2.15. The summed E-state index contributed by atoms with van der Waals surface area (Å²) in [6, 6.07) is 13.5. The van der Waals surface area contributed by atoms with E-state index in [1.807, 2.05) is 53.1 Å². The Morgan fingerprint density at radius 2 is 1.88 bits per heavy atom. The van der Waals surface area contributed by atoms with Gasteiger partial charge in [0, 0.05) is 43.7 Å². The molecule has 0 saturated carbocycles. The van der Waals surface area contributed by atoms with Gasteiger partial charge in [0.25, 0.3) is 5.91 Å². The van der Waals surface area contributed by atoms with Crippen LogP contribution < -0.4 is 10.6 Å². The lowest BCUT2D eigenvalue weighted by Gasteiger charge is -2.03. The molecule has 0 saturated heterocycles. The van der Waals surface area contributed by atoms with Gasteiger partial charge in [0.1, 0.15) is 12.0 Å². The predicted octanol–water partition coefficient (Wildman–Crippen LogP) is 2.85. The molecule has 0 radical (unpaired) electrons. The highest BCUT2D eigenvalue weighted by atomic mass is 16.1. The van der Waals surface area contributed by atoms with Gasteiger partial charge in [-0.25, -0.2) is 9.97 Å². The van der Waals surface area contributed by atoms with Crippen molar-refractivity contribution in [3.8, 4) is 5.95 Å². The van der Waals surface area contributed by atoms with Crippen molar-refractivity contribution >= 4 is 17.1 Å². The van der Waals surface area contributed by atoms with E-state index in [1.54, 1.807) is 41.9 Å². The molecule has 5 aromatic rings. The highest BCUT2D eigenvalue weighted by Crippen LogP contribution is 2.18. The van der Waals surface area contributed by atoms with E-state index in [-0.39, 0.29) is 5.91 Å². The van der Waals surface area contributed by atoms with Crippen molar-refractivity contribution in [3.63, 3.8) is 0 Å². The van der Waals surface area contributed by atoms with Crippen molar-refractivity contribution in [1.29, 1.82) is 0 Å². The number of imidazole rings is 2. The number of hydrogen-bond acceptors (Lipinski definition) is 6. The Labute approximate surface area is 183 Å². The summed E-state index contributed by atoms with van der Waals surface area (Å²) >= 11 is 0. The summed E-state index contributed by atoms with van der Waals surface area (Å²) < 4.78 is 3.72. The number of rotatable bonds is 7.